The molecule has 1 aromatic heterocycles. The summed E-state index contributed by atoms with van der Waals surface area (Å²) in [5, 5.41) is 12.4. The zero-order chi connectivity index (χ0) is 18.1. The Balaban J connectivity index is 1.42. The normalized spacial score (nSPS) is 26.6. The van der Waals surface area contributed by atoms with Gasteiger partial charge in [-0.2, -0.15) is 0 Å². The maximum Gasteiger partial charge on any atom is 0.307 e. The van der Waals surface area contributed by atoms with E-state index in [4.69, 9.17) is 0 Å². The van der Waals surface area contributed by atoms with Crippen LogP contribution in [0.4, 0.5) is 5.69 Å². The minimum Gasteiger partial charge on any atom is -0.481 e. The molecule has 1 heterocycles. The van der Waals surface area contributed by atoms with Gasteiger partial charge in [-0.3, -0.25) is 14.6 Å². The number of amides is 1. The highest BCUT2D eigenvalue weighted by atomic mass is 16.4. The van der Waals surface area contributed by atoms with Crippen molar-refractivity contribution in [1.29, 1.82) is 0 Å². The number of benzene rings is 1. The van der Waals surface area contributed by atoms with Crippen molar-refractivity contribution in [2.45, 2.75) is 25.7 Å². The Morgan fingerprint density at radius 3 is 2.23 bits per heavy atom. The van der Waals surface area contributed by atoms with Crippen molar-refractivity contribution in [1.82, 2.24) is 4.98 Å². The number of nitrogens with one attached hydrogen (secondary N) is 1. The van der Waals surface area contributed by atoms with Gasteiger partial charge in [-0.15, -0.1) is 0 Å². The average Bonchev–Trinajstić information content (AvgIpc) is 3.25. The first-order valence-electron chi connectivity index (χ1n) is 9.13. The Morgan fingerprint density at radius 2 is 1.58 bits per heavy atom. The van der Waals surface area contributed by atoms with Crippen LogP contribution in [0.3, 0.4) is 0 Å². The van der Waals surface area contributed by atoms with Gasteiger partial charge in [-0.25, -0.2) is 0 Å². The number of fused-ring (bicyclic) bond motifs is 2. The standard InChI is InChI=1S/C21H22N2O3/c24-20(18-15-3-4-16(12-15)19(18)21(25)26)23-17-5-1-13(2-6-17)11-14-7-9-22-10-8-14/h1-2,5-10,15-16,18-19H,3-4,11-12H2,(H,23,24)(H,25,26)/t15-,16-,18+,19+/m1/s1. The van der Waals surface area contributed by atoms with E-state index < -0.39 is 17.8 Å². The summed E-state index contributed by atoms with van der Waals surface area (Å²) in [6.45, 7) is 0. The quantitative estimate of drug-likeness (QED) is 0.867. The van der Waals surface area contributed by atoms with Crippen LogP contribution in [0.15, 0.2) is 48.8 Å². The summed E-state index contributed by atoms with van der Waals surface area (Å²) in [6.07, 6.45) is 7.15. The number of hydrogen-bond donors (Lipinski definition) is 2. The van der Waals surface area contributed by atoms with Gasteiger partial charge in [0.05, 0.1) is 11.8 Å². The molecular weight excluding hydrogens is 328 g/mol. The number of hydrogen-bond acceptors (Lipinski definition) is 3. The molecule has 1 aromatic carbocycles. The van der Waals surface area contributed by atoms with Crippen molar-refractivity contribution in [2.75, 3.05) is 5.32 Å². The van der Waals surface area contributed by atoms with Crippen molar-refractivity contribution < 1.29 is 14.7 Å². The SMILES string of the molecule is O=C(O)[C@H]1[C@@H]2CC[C@H](C2)[C@@H]1C(=O)Nc1ccc(Cc2ccncc2)cc1. The number of pyridine rings is 1. The molecule has 0 spiro atoms. The molecule has 2 aliphatic carbocycles. The lowest BCUT2D eigenvalue weighted by molar-refractivity contribution is -0.148. The molecule has 4 atom stereocenters. The molecule has 4 rings (SSSR count). The van der Waals surface area contributed by atoms with Crippen LogP contribution in [-0.2, 0) is 16.0 Å². The summed E-state index contributed by atoms with van der Waals surface area (Å²) in [5.74, 6) is -1.53. The Labute approximate surface area is 152 Å². The molecule has 2 N–H and O–H groups in total. The van der Waals surface area contributed by atoms with E-state index in [9.17, 15) is 14.7 Å². The Hall–Kier alpha value is -2.69. The maximum absolute atomic E-state index is 12.7. The Kier molecular flexibility index (Phi) is 4.45. The fourth-order valence-electron chi connectivity index (χ4n) is 4.69. The van der Waals surface area contributed by atoms with E-state index in [1.807, 2.05) is 36.4 Å². The van der Waals surface area contributed by atoms with E-state index in [0.717, 1.165) is 36.9 Å². The van der Waals surface area contributed by atoms with Gasteiger partial charge in [0, 0.05) is 18.1 Å². The number of aliphatic carboxylic acids is 1. The van der Waals surface area contributed by atoms with E-state index in [1.165, 1.54) is 5.56 Å². The average molecular weight is 350 g/mol. The summed E-state index contributed by atoms with van der Waals surface area (Å²) in [5.41, 5.74) is 3.06. The topological polar surface area (TPSA) is 79.3 Å². The number of rotatable bonds is 5. The van der Waals surface area contributed by atoms with E-state index in [0.29, 0.717) is 0 Å². The summed E-state index contributed by atoms with van der Waals surface area (Å²) in [6, 6.07) is 11.7. The number of carboxylic acids is 1. The molecule has 2 saturated carbocycles. The maximum atomic E-state index is 12.7. The lowest BCUT2D eigenvalue weighted by atomic mass is 9.78. The molecule has 1 amide bonds. The highest BCUT2D eigenvalue weighted by Gasteiger charge is 2.53. The van der Waals surface area contributed by atoms with Crippen LogP contribution in [-0.4, -0.2) is 22.0 Å². The number of anilines is 1. The largest absolute Gasteiger partial charge is 0.481 e. The molecule has 2 bridgehead atoms. The Morgan fingerprint density at radius 1 is 0.962 bits per heavy atom. The molecule has 0 aliphatic heterocycles. The molecule has 5 heteroatoms. The molecule has 2 fully saturated rings. The van der Waals surface area contributed by atoms with E-state index >= 15 is 0 Å². The van der Waals surface area contributed by atoms with Crippen LogP contribution in [0.5, 0.6) is 0 Å². The second-order valence-electron chi connectivity index (χ2n) is 7.44. The summed E-state index contributed by atoms with van der Waals surface area (Å²) >= 11 is 0. The van der Waals surface area contributed by atoms with E-state index in [2.05, 4.69) is 10.3 Å². The van der Waals surface area contributed by atoms with Gasteiger partial charge in [0.25, 0.3) is 0 Å². The third-order valence-corrected chi connectivity index (χ3v) is 5.88. The lowest BCUT2D eigenvalue weighted by Gasteiger charge is -2.27. The number of carboxylic acid groups (broad SMARTS) is 1. The zero-order valence-corrected chi connectivity index (χ0v) is 14.5. The minimum absolute atomic E-state index is 0.147. The first-order valence-corrected chi connectivity index (χ1v) is 9.13. The molecule has 26 heavy (non-hydrogen) atoms. The van der Waals surface area contributed by atoms with E-state index in [1.54, 1.807) is 12.4 Å². The van der Waals surface area contributed by atoms with Crippen molar-refractivity contribution in [3.8, 4) is 0 Å². The van der Waals surface area contributed by atoms with E-state index in [-0.39, 0.29) is 17.7 Å². The fraction of sp³-hybridized carbons (Fsp3) is 0.381. The third kappa shape index (κ3) is 3.21. The van der Waals surface area contributed by atoms with Gasteiger partial charge in [-0.1, -0.05) is 12.1 Å². The number of nitrogens with zero attached hydrogens (tertiary/aromatic N) is 1. The van der Waals surface area contributed by atoms with Crippen molar-refractivity contribution >= 4 is 17.6 Å². The highest BCUT2D eigenvalue weighted by molar-refractivity contribution is 5.96. The molecule has 0 unspecified atom stereocenters. The van der Waals surface area contributed by atoms with Gasteiger partial charge in [0.1, 0.15) is 0 Å². The second kappa shape index (κ2) is 6.90. The minimum atomic E-state index is -0.829. The summed E-state index contributed by atoms with van der Waals surface area (Å²) < 4.78 is 0. The van der Waals surface area contributed by atoms with Gasteiger partial charge < -0.3 is 10.4 Å². The van der Waals surface area contributed by atoms with Gasteiger partial charge in [-0.05, 0) is 72.9 Å². The van der Waals surface area contributed by atoms with Crippen molar-refractivity contribution in [3.63, 3.8) is 0 Å². The predicted octanol–water partition coefficient (Wildman–Crippen LogP) is 3.36. The van der Waals surface area contributed by atoms with Gasteiger partial charge in [0.15, 0.2) is 0 Å². The van der Waals surface area contributed by atoms with Crippen LogP contribution >= 0.6 is 0 Å². The van der Waals surface area contributed by atoms with Crippen molar-refractivity contribution in [2.24, 2.45) is 23.7 Å². The van der Waals surface area contributed by atoms with Crippen LogP contribution in [0.2, 0.25) is 0 Å². The fourth-order valence-corrected chi connectivity index (χ4v) is 4.69. The Bertz CT molecular complexity index is 804. The number of aromatic nitrogens is 1. The predicted molar refractivity (Wildman–Crippen MR) is 97.6 cm³/mol. The molecular formula is C21H22N2O3. The summed E-state index contributed by atoms with van der Waals surface area (Å²) in [7, 11) is 0. The van der Waals surface area contributed by atoms with Crippen molar-refractivity contribution in [3.05, 3.63) is 59.9 Å². The third-order valence-electron chi connectivity index (χ3n) is 5.88. The number of carbonyl (C=O) groups is 2. The second-order valence-corrected chi connectivity index (χ2v) is 7.44. The van der Waals surface area contributed by atoms with Crippen LogP contribution in [0, 0.1) is 23.7 Å². The van der Waals surface area contributed by atoms with Crippen LogP contribution < -0.4 is 5.32 Å². The summed E-state index contributed by atoms with van der Waals surface area (Å²) in [4.78, 5) is 28.3. The first-order chi connectivity index (χ1) is 12.6. The highest BCUT2D eigenvalue weighted by Crippen LogP contribution is 2.52. The molecule has 0 radical (unpaired) electrons. The number of carbonyl (C=O) groups excluding carboxylic acids is 1. The molecule has 5 nitrogen and oxygen atoms in total. The molecule has 2 aliphatic rings. The van der Waals surface area contributed by atoms with Gasteiger partial charge >= 0.3 is 5.97 Å². The molecule has 2 aromatic rings. The molecule has 0 saturated heterocycles. The molecule has 134 valence electrons. The van der Waals surface area contributed by atoms with Crippen LogP contribution in [0.25, 0.3) is 0 Å². The van der Waals surface area contributed by atoms with Crippen LogP contribution in [0.1, 0.15) is 30.4 Å². The monoisotopic (exact) mass is 350 g/mol. The zero-order valence-electron chi connectivity index (χ0n) is 14.5. The van der Waals surface area contributed by atoms with Gasteiger partial charge in [0.2, 0.25) is 5.91 Å². The smallest absolute Gasteiger partial charge is 0.307 e. The first kappa shape index (κ1) is 16.8. The lowest BCUT2D eigenvalue weighted by Crippen LogP contribution is -2.37.